The van der Waals surface area contributed by atoms with Crippen LogP contribution >= 0.6 is 0 Å². The van der Waals surface area contributed by atoms with E-state index in [9.17, 15) is 69.3 Å². The maximum Gasteiger partial charge on any atom is 0.175 e. The second kappa shape index (κ2) is 43.9. The Bertz CT molecular complexity index is 3820. The standard InChI is InChI=1S/2C11H16O3.C10H14O3.C10H12O3.C10H12O2.C10H10O2.2C6H8O2.C4H6O.6W/c1-7-9(12)8-3-6-11(7,13)14-10(8)4-2-5-10;1-7-9(12)4-3-8(10(7)13)11(14)5-2-6-11;2*11-7-2-3-8(9(12)6-7)10(13)4-1-5-10;2*11-8-4-5-9(10(12)6-8)7-2-1-3-7;2*7-5-2-1-3-6(8)4-5;5-4-2-1-3-4;;;;;;/h7-8,13H,2-6H2,1H3;7-8,14H,2-6H2,1H3;6,8,11,13H,1-5H2;2-3,6,11-13H,1,4-5H2;4-7,11-12H,1-3H2;2,4-6,11-12H,1,3H2;2*4,7H,1-3H2;1-3H2;;;;;;/i2*2T;4*1T;;;1T;;;;;;. The minimum absolute atomic E-state index is 0. The summed E-state index contributed by atoms with van der Waals surface area (Å²) in [4.78, 5) is 77.5. The SMILES string of the molecule is O=C1C=C(O)CCC1.O=C1C=C(O)CCC1.[3H]C1C=C(c2ccc(O)cc2O)C1.[3H]C1CC(=O)C1.[3H]C1CC(O)(C2CCC(=O)C(C)C2=O)C1.[3H]C1CC(O)(C2CCC(O)=CC2=O)C1.[3H]C1CC(O)(c2ccc(O)cc2O)C1.[3H]C1CC(c2ccc(O)cc2O)C1.[3H]C1CC2(C1)OC1(O)CCC2C(=O)C1C.[W].[W].[W].[W].[W].[W]. The van der Waals surface area contributed by atoms with Gasteiger partial charge in [0.25, 0.3) is 0 Å². The molecule has 2 heterocycles. The van der Waals surface area contributed by atoms with Gasteiger partial charge in [0.2, 0.25) is 0 Å². The molecule has 2 aliphatic heterocycles. The number of aliphatic hydroxyl groups excluding tert-OH is 3. The fraction of sp³-hybridized carbons (Fsp3) is 0.577. The van der Waals surface area contributed by atoms with Crippen molar-refractivity contribution >= 4 is 46.1 Å². The van der Waals surface area contributed by atoms with E-state index in [1.165, 1.54) is 54.6 Å². The summed E-state index contributed by atoms with van der Waals surface area (Å²) in [6.45, 7) is 3.37. The molecule has 17 rings (SSSR count). The van der Waals surface area contributed by atoms with E-state index in [4.69, 9.17) is 45.0 Å². The van der Waals surface area contributed by atoms with Crippen LogP contribution in [-0.2, 0) is 170 Å². The van der Waals surface area contributed by atoms with E-state index in [1.807, 2.05) is 0 Å². The number of carbonyl (C=O) groups is 7. The van der Waals surface area contributed by atoms with Gasteiger partial charge < -0.3 is 71.1 Å². The van der Waals surface area contributed by atoms with Crippen LogP contribution in [0.4, 0.5) is 0 Å². The Morgan fingerprint density at radius 1 is 0.448 bits per heavy atom. The van der Waals surface area contributed by atoms with E-state index in [0.717, 1.165) is 48.8 Å². The van der Waals surface area contributed by atoms with E-state index < -0.39 is 51.9 Å². The molecular weight excluding hydrogens is 2380 g/mol. The van der Waals surface area contributed by atoms with Gasteiger partial charge in [0, 0.05) is 253 Å². The molecule has 1 spiro atoms. The third-order valence-electron chi connectivity index (χ3n) is 20.7. The van der Waals surface area contributed by atoms with Crippen LogP contribution in [-0.4, -0.2) is 129 Å². The number of rotatable bonds is 5. The molecule has 27 heteroatoms. The minimum atomic E-state index is -1.24. The smallest absolute Gasteiger partial charge is 0.175 e. The molecule has 0 radical (unpaired) electrons. The van der Waals surface area contributed by atoms with Gasteiger partial charge in [-0.1, -0.05) is 25.5 Å². The van der Waals surface area contributed by atoms with Gasteiger partial charge in [0.05, 0.1) is 57.4 Å². The molecule has 105 heavy (non-hydrogen) atoms. The summed E-state index contributed by atoms with van der Waals surface area (Å²) in [5, 5.41) is 123. The molecular formula is C78H102O21W6. The maximum atomic E-state index is 12.0. The zero-order valence-electron chi connectivity index (χ0n) is 65.7. The normalized spacial score (nSPS) is 35.3. The number of phenolic OH excluding ortho intramolecular Hbond substituents is 6. The Balaban J connectivity index is 0.000000429. The Hall–Kier alpha value is -3.56. The van der Waals surface area contributed by atoms with E-state index >= 15 is 0 Å². The van der Waals surface area contributed by atoms with Crippen LogP contribution in [0.15, 0.2) is 96.2 Å². The molecule has 14 aliphatic rings. The zero-order valence-corrected chi connectivity index (χ0v) is 76.3. The first-order valence-corrected chi connectivity index (χ1v) is 34.4. The zero-order chi connectivity index (χ0) is 78.1. The monoisotopic (exact) mass is 2490 g/mol. The van der Waals surface area contributed by atoms with Crippen LogP contribution in [0.1, 0.15) is 251 Å². The summed E-state index contributed by atoms with van der Waals surface area (Å²) in [5.41, 5.74) is -0.550. The summed E-state index contributed by atoms with van der Waals surface area (Å²) < 4.78 is 56.9. The third kappa shape index (κ3) is 26.0. The first kappa shape index (κ1) is 85.4. The van der Waals surface area contributed by atoms with Crippen molar-refractivity contribution in [2.24, 2.45) is 29.6 Å². The average molecular weight is 2490 g/mol. The van der Waals surface area contributed by atoms with Crippen molar-refractivity contribution in [3.63, 3.8) is 0 Å². The molecule has 7 unspecified atom stereocenters. The number of ether oxygens (including phenoxy) is 1. The van der Waals surface area contributed by atoms with Crippen LogP contribution in [0, 0.1) is 29.6 Å². The first-order chi connectivity index (χ1) is 49.6. The number of carbonyl (C=O) groups excluding carboxylic acids is 7. The average Bonchev–Trinajstić information content (AvgIpc) is 0.703. The van der Waals surface area contributed by atoms with Gasteiger partial charge in [-0.3, -0.25) is 33.6 Å². The van der Waals surface area contributed by atoms with Crippen molar-refractivity contribution in [3.8, 4) is 34.5 Å². The number of aliphatic hydroxyl groups is 7. The number of ketones is 7. The fourth-order valence-corrected chi connectivity index (χ4v) is 13.6. The molecule has 13 N–H and O–H groups in total. The summed E-state index contributed by atoms with van der Waals surface area (Å²) in [6, 6.07) is 13.3. The summed E-state index contributed by atoms with van der Waals surface area (Å²) in [7, 11) is 0. The quantitative estimate of drug-likeness (QED) is 0.106. The third-order valence-corrected chi connectivity index (χ3v) is 20.7. The topological polar surface area (TPSA) is 392 Å². The Morgan fingerprint density at radius 2 is 0.933 bits per heavy atom. The molecule has 3 aromatic carbocycles. The molecule has 8 saturated carbocycles. The van der Waals surface area contributed by atoms with Gasteiger partial charge in [-0.25, -0.2) is 0 Å². The summed E-state index contributed by atoms with van der Waals surface area (Å²) in [6.07, 6.45) is 18.6. The van der Waals surface area contributed by atoms with E-state index in [0.29, 0.717) is 140 Å². The van der Waals surface area contributed by atoms with Gasteiger partial charge in [0.1, 0.15) is 57.6 Å². The molecule has 3 aromatic rings. The number of fused-ring (bicyclic) bond motifs is 2. The molecule has 21 nitrogen and oxygen atoms in total. The van der Waals surface area contributed by atoms with Gasteiger partial charge in [0.15, 0.2) is 23.1 Å². The number of hydrogen-bond acceptors (Lipinski definition) is 21. The largest absolute Gasteiger partial charge is 0.512 e. The predicted octanol–water partition coefficient (Wildman–Crippen LogP) is 12.8. The number of hydrogen-bond donors (Lipinski definition) is 13. The number of Topliss-reactive ketones (excluding diaryl/α,β-unsaturated/α-hetero) is 4. The second-order valence-electron chi connectivity index (χ2n) is 27.9. The van der Waals surface area contributed by atoms with E-state index in [1.54, 1.807) is 38.1 Å². The summed E-state index contributed by atoms with van der Waals surface area (Å²) >= 11 is 0. The van der Waals surface area contributed by atoms with E-state index in [-0.39, 0.29) is 269 Å². The molecule has 0 aromatic heterocycles. The van der Waals surface area contributed by atoms with Gasteiger partial charge in [-0.05, 0) is 195 Å². The van der Waals surface area contributed by atoms with Crippen LogP contribution in [0.2, 0.25) is 0 Å². The molecule has 12 aliphatic carbocycles. The molecule has 10 fully saturated rings. The van der Waals surface area contributed by atoms with Gasteiger partial charge in [-0.15, -0.1) is 0 Å². The van der Waals surface area contributed by atoms with Crippen molar-refractivity contribution in [1.29, 1.82) is 0 Å². The van der Waals surface area contributed by atoms with Crippen molar-refractivity contribution in [3.05, 3.63) is 113 Å². The van der Waals surface area contributed by atoms with Crippen LogP contribution < -0.4 is 0 Å². The first-order valence-electron chi connectivity index (χ1n) is 38.4. The minimum Gasteiger partial charge on any atom is -0.512 e. The number of benzene rings is 3. The van der Waals surface area contributed by atoms with Gasteiger partial charge in [-0.2, -0.15) is 0 Å². The van der Waals surface area contributed by atoms with E-state index in [2.05, 4.69) is 0 Å². The van der Waals surface area contributed by atoms with Gasteiger partial charge >= 0.3 is 0 Å². The summed E-state index contributed by atoms with van der Waals surface area (Å²) in [5.74, 6) is -1.80. The van der Waals surface area contributed by atoms with Crippen LogP contribution in [0.3, 0.4) is 0 Å². The van der Waals surface area contributed by atoms with Crippen molar-refractivity contribution in [2.45, 2.75) is 253 Å². The Morgan fingerprint density at radius 3 is 1.35 bits per heavy atom. The van der Waals surface area contributed by atoms with Crippen LogP contribution in [0.25, 0.3) is 5.57 Å². The predicted molar refractivity (Wildman–Crippen MR) is 366 cm³/mol. The molecule has 0 amide bonds. The van der Waals surface area contributed by atoms with Crippen molar-refractivity contribution in [2.75, 3.05) is 0 Å². The number of aromatic hydroxyl groups is 6. The molecule has 2 saturated heterocycles. The molecule has 576 valence electrons. The van der Waals surface area contributed by atoms with Crippen molar-refractivity contribution in [1.82, 2.24) is 0 Å². The molecule has 2 bridgehead atoms. The van der Waals surface area contributed by atoms with Crippen LogP contribution in [0.5, 0.6) is 34.5 Å². The molecule has 7 atom stereocenters. The fourth-order valence-electron chi connectivity index (χ4n) is 13.6. The second-order valence-corrected chi connectivity index (χ2v) is 27.9. The Kier molecular flexibility index (Phi) is 35.7. The van der Waals surface area contributed by atoms with Crippen molar-refractivity contribution < 1.29 is 241 Å². The Labute approximate surface area is 710 Å². The maximum absolute atomic E-state index is 12.0. The number of allylic oxidation sites excluding steroid dienone is 8. The number of phenols is 6.